The van der Waals surface area contributed by atoms with Gasteiger partial charge in [-0.25, -0.2) is 14.3 Å². The van der Waals surface area contributed by atoms with Crippen LogP contribution in [0.1, 0.15) is 12.8 Å². The van der Waals surface area contributed by atoms with E-state index < -0.39 is 11.9 Å². The average molecular weight is 392 g/mol. The summed E-state index contributed by atoms with van der Waals surface area (Å²) in [7, 11) is 4.57. The van der Waals surface area contributed by atoms with Crippen molar-refractivity contribution in [1.29, 1.82) is 0 Å². The number of carbonyl (C=O) groups excluding carboxylic acids is 4. The summed E-state index contributed by atoms with van der Waals surface area (Å²) in [6.45, 7) is 1.51. The van der Waals surface area contributed by atoms with Crippen molar-refractivity contribution in [3.63, 3.8) is 0 Å². The number of fused-ring (bicyclic) bond motifs is 1. The molecule has 3 heterocycles. The molecule has 5 amide bonds. The van der Waals surface area contributed by atoms with E-state index in [1.165, 1.54) is 11.9 Å². The number of ether oxygens (including phenoxy) is 1. The number of nitrogens with zero attached hydrogens (tertiary/aromatic N) is 4. The van der Waals surface area contributed by atoms with Crippen LogP contribution in [0.5, 0.6) is 0 Å². The first-order valence-electron chi connectivity index (χ1n) is 9.26. The SMILES string of the molecule is COCC[N+]1=C2C(C=C1C(=O)N1CCC(C(N)=O)CC1)C(=O)N(C)C(=O)N2C. The molecule has 0 aliphatic carbocycles. The van der Waals surface area contributed by atoms with E-state index in [0.29, 0.717) is 50.6 Å². The van der Waals surface area contributed by atoms with Gasteiger partial charge < -0.3 is 15.4 Å². The first-order chi connectivity index (χ1) is 13.3. The smallest absolute Gasteiger partial charge is 0.381 e. The molecule has 2 saturated heterocycles. The first kappa shape index (κ1) is 20.0. The number of amidine groups is 1. The molecule has 10 nitrogen and oxygen atoms in total. The third-order valence-corrected chi connectivity index (χ3v) is 5.61. The van der Waals surface area contributed by atoms with E-state index in [0.717, 1.165) is 4.90 Å². The zero-order chi connectivity index (χ0) is 20.6. The molecule has 0 saturated carbocycles. The fraction of sp³-hybridized carbons (Fsp3) is 0.611. The zero-order valence-corrected chi connectivity index (χ0v) is 16.4. The van der Waals surface area contributed by atoms with Crippen LogP contribution >= 0.6 is 0 Å². The van der Waals surface area contributed by atoms with Crippen molar-refractivity contribution in [3.05, 3.63) is 11.8 Å². The Morgan fingerprint density at radius 1 is 1.21 bits per heavy atom. The number of piperidine rings is 1. The lowest BCUT2D eigenvalue weighted by atomic mass is 9.96. The summed E-state index contributed by atoms with van der Waals surface area (Å²) in [6, 6.07) is -0.442. The van der Waals surface area contributed by atoms with Gasteiger partial charge in [0.2, 0.25) is 5.91 Å². The van der Waals surface area contributed by atoms with Crippen molar-refractivity contribution in [1.82, 2.24) is 14.7 Å². The number of hydrogen-bond donors (Lipinski definition) is 1. The molecule has 0 radical (unpaired) electrons. The molecule has 1 atom stereocenters. The second kappa shape index (κ2) is 7.70. The Morgan fingerprint density at radius 3 is 2.43 bits per heavy atom. The van der Waals surface area contributed by atoms with E-state index in [1.54, 1.807) is 29.7 Å². The molecular weight excluding hydrogens is 366 g/mol. The second-order valence-corrected chi connectivity index (χ2v) is 7.24. The van der Waals surface area contributed by atoms with Gasteiger partial charge in [0.25, 0.3) is 17.6 Å². The second-order valence-electron chi connectivity index (χ2n) is 7.24. The molecule has 0 spiro atoms. The molecule has 152 valence electrons. The molecule has 2 N–H and O–H groups in total. The Labute approximate surface area is 163 Å². The van der Waals surface area contributed by atoms with Crippen molar-refractivity contribution in [2.75, 3.05) is 47.4 Å². The fourth-order valence-electron chi connectivity index (χ4n) is 3.94. The highest BCUT2D eigenvalue weighted by Crippen LogP contribution is 2.28. The predicted molar refractivity (Wildman–Crippen MR) is 98.0 cm³/mol. The molecule has 0 aromatic rings. The van der Waals surface area contributed by atoms with Crippen LogP contribution in [-0.2, 0) is 19.1 Å². The van der Waals surface area contributed by atoms with Crippen LogP contribution in [0.15, 0.2) is 11.8 Å². The van der Waals surface area contributed by atoms with Crippen LogP contribution < -0.4 is 5.73 Å². The van der Waals surface area contributed by atoms with Gasteiger partial charge in [0, 0.05) is 33.2 Å². The van der Waals surface area contributed by atoms with Crippen molar-refractivity contribution >= 4 is 29.6 Å². The van der Waals surface area contributed by atoms with Gasteiger partial charge in [-0.1, -0.05) is 0 Å². The number of amides is 5. The van der Waals surface area contributed by atoms with E-state index >= 15 is 0 Å². The summed E-state index contributed by atoms with van der Waals surface area (Å²) in [6.07, 6.45) is 2.66. The summed E-state index contributed by atoms with van der Waals surface area (Å²) in [5, 5.41) is 0. The van der Waals surface area contributed by atoms with Crippen LogP contribution in [-0.4, -0.2) is 96.3 Å². The zero-order valence-electron chi connectivity index (χ0n) is 16.4. The molecule has 0 aromatic heterocycles. The molecule has 0 bridgehead atoms. The van der Waals surface area contributed by atoms with Gasteiger partial charge in [0.05, 0.1) is 13.7 Å². The van der Waals surface area contributed by atoms with Gasteiger partial charge in [0.15, 0.2) is 11.6 Å². The Bertz CT molecular complexity index is 781. The molecule has 3 rings (SSSR count). The largest absolute Gasteiger partial charge is 0.417 e. The number of methoxy groups -OCH3 is 1. The van der Waals surface area contributed by atoms with Gasteiger partial charge in [-0.2, -0.15) is 4.90 Å². The number of rotatable bonds is 5. The van der Waals surface area contributed by atoms with Crippen LogP contribution in [0, 0.1) is 11.8 Å². The number of primary amides is 1. The molecule has 3 aliphatic heterocycles. The van der Waals surface area contributed by atoms with E-state index in [-0.39, 0.29) is 23.6 Å². The first-order valence-corrected chi connectivity index (χ1v) is 9.26. The number of nitrogens with two attached hydrogens (primary N) is 1. The van der Waals surface area contributed by atoms with E-state index in [1.807, 2.05) is 0 Å². The monoisotopic (exact) mass is 392 g/mol. The molecule has 1 unspecified atom stereocenters. The minimum Gasteiger partial charge on any atom is -0.381 e. The van der Waals surface area contributed by atoms with Crippen molar-refractivity contribution in [2.45, 2.75) is 12.8 Å². The Balaban J connectivity index is 1.90. The Morgan fingerprint density at radius 2 is 1.86 bits per heavy atom. The Kier molecular flexibility index (Phi) is 5.50. The highest BCUT2D eigenvalue weighted by molar-refractivity contribution is 6.19. The van der Waals surface area contributed by atoms with Crippen molar-refractivity contribution in [2.24, 2.45) is 17.6 Å². The maximum absolute atomic E-state index is 13.2. The predicted octanol–water partition coefficient (Wildman–Crippen LogP) is -1.19. The summed E-state index contributed by atoms with van der Waals surface area (Å²) in [5.74, 6) is -1.37. The maximum Gasteiger partial charge on any atom is 0.417 e. The Hall–Kier alpha value is -2.75. The molecular formula is C18H26N5O5+. The lowest BCUT2D eigenvalue weighted by molar-refractivity contribution is -0.477. The standard InChI is InChI=1S/C18H25N5O5/c1-20-15-12(16(25)21(2)18(20)27)10-13(23(15)8-9-28-3)17(26)22-6-4-11(5-7-22)14(19)24/h10-12H,4-9H2,1-3H3,(H-,19,24)/p+1. The van der Waals surface area contributed by atoms with E-state index in [4.69, 9.17) is 10.5 Å². The summed E-state index contributed by atoms with van der Waals surface area (Å²) in [4.78, 5) is 53.7. The quantitative estimate of drug-likeness (QED) is 0.591. The van der Waals surface area contributed by atoms with Crippen LogP contribution in [0.25, 0.3) is 0 Å². The highest BCUT2D eigenvalue weighted by atomic mass is 16.5. The van der Waals surface area contributed by atoms with Gasteiger partial charge >= 0.3 is 6.03 Å². The fourth-order valence-corrected chi connectivity index (χ4v) is 3.94. The average Bonchev–Trinajstić information content (AvgIpc) is 3.08. The molecule has 0 aromatic carbocycles. The minimum atomic E-state index is -0.688. The van der Waals surface area contributed by atoms with Gasteiger partial charge in [-0.05, 0) is 18.9 Å². The summed E-state index contributed by atoms with van der Waals surface area (Å²) >= 11 is 0. The number of hydrogen-bond acceptors (Lipinski definition) is 5. The van der Waals surface area contributed by atoms with E-state index in [2.05, 4.69) is 0 Å². The molecule has 10 heteroatoms. The summed E-state index contributed by atoms with van der Waals surface area (Å²) in [5.41, 5.74) is 5.72. The van der Waals surface area contributed by atoms with Crippen molar-refractivity contribution < 1.29 is 28.5 Å². The molecule has 2 fully saturated rings. The van der Waals surface area contributed by atoms with Gasteiger partial charge in [-0.3, -0.25) is 14.4 Å². The number of imide groups is 1. The van der Waals surface area contributed by atoms with Gasteiger partial charge in [-0.15, -0.1) is 0 Å². The maximum atomic E-state index is 13.2. The number of likely N-dealkylation sites (tertiary alicyclic amines) is 1. The van der Waals surface area contributed by atoms with Crippen LogP contribution in [0.3, 0.4) is 0 Å². The third-order valence-electron chi connectivity index (χ3n) is 5.61. The molecule has 28 heavy (non-hydrogen) atoms. The van der Waals surface area contributed by atoms with Crippen molar-refractivity contribution in [3.8, 4) is 0 Å². The lowest BCUT2D eigenvalue weighted by Crippen LogP contribution is -2.57. The van der Waals surface area contributed by atoms with Gasteiger partial charge in [0.1, 0.15) is 6.54 Å². The normalized spacial score (nSPS) is 23.3. The van der Waals surface area contributed by atoms with E-state index in [9.17, 15) is 19.2 Å². The highest BCUT2D eigenvalue weighted by Gasteiger charge is 2.52. The number of urea groups is 1. The summed E-state index contributed by atoms with van der Waals surface area (Å²) < 4.78 is 6.84. The lowest BCUT2D eigenvalue weighted by Gasteiger charge is -2.30. The molecule has 3 aliphatic rings. The van der Waals surface area contributed by atoms with Crippen LogP contribution in [0.2, 0.25) is 0 Å². The number of carbonyl (C=O) groups is 4. The van der Waals surface area contributed by atoms with Crippen LogP contribution in [0.4, 0.5) is 4.79 Å². The third kappa shape index (κ3) is 3.28. The topological polar surface area (TPSA) is 116 Å². The minimum absolute atomic E-state index is 0.220.